The normalized spacial score (nSPS) is 11.5. The summed E-state index contributed by atoms with van der Waals surface area (Å²) in [6.45, 7) is 7.08. The molecule has 1 aromatic heterocycles. The molecule has 0 spiro atoms. The zero-order valence-corrected chi connectivity index (χ0v) is 14.3. The molecule has 124 valence electrons. The van der Waals surface area contributed by atoms with Crippen LogP contribution in [0, 0.1) is 0 Å². The Hall–Kier alpha value is -2.08. The van der Waals surface area contributed by atoms with Gasteiger partial charge in [0.15, 0.2) is 5.96 Å². The van der Waals surface area contributed by atoms with Crippen LogP contribution in [0.1, 0.15) is 25.2 Å². The van der Waals surface area contributed by atoms with E-state index in [1.165, 1.54) is 0 Å². The fourth-order valence-corrected chi connectivity index (χ4v) is 2.39. The van der Waals surface area contributed by atoms with Crippen molar-refractivity contribution in [3.8, 4) is 0 Å². The lowest BCUT2D eigenvalue weighted by Gasteiger charge is -2.12. The van der Waals surface area contributed by atoms with Gasteiger partial charge in [0, 0.05) is 31.1 Å². The molecule has 0 amide bonds. The van der Waals surface area contributed by atoms with E-state index < -0.39 is 0 Å². The van der Waals surface area contributed by atoms with Crippen LogP contribution in [-0.4, -0.2) is 33.8 Å². The summed E-state index contributed by atoms with van der Waals surface area (Å²) in [5, 5.41) is 15.3. The van der Waals surface area contributed by atoms with Gasteiger partial charge in [-0.25, -0.2) is 4.99 Å². The molecule has 0 saturated heterocycles. The third kappa shape index (κ3) is 5.56. The predicted octanol–water partition coefficient (Wildman–Crippen LogP) is 2.25. The summed E-state index contributed by atoms with van der Waals surface area (Å²) >= 11 is 6.00. The quantitative estimate of drug-likeness (QED) is 0.602. The molecular formula is C16H23ClN6. The predicted molar refractivity (Wildman–Crippen MR) is 93.7 cm³/mol. The third-order valence-corrected chi connectivity index (χ3v) is 3.55. The first-order valence-electron chi connectivity index (χ1n) is 7.86. The third-order valence-electron chi connectivity index (χ3n) is 3.31. The molecule has 1 heterocycles. The monoisotopic (exact) mass is 334 g/mol. The molecule has 0 bridgehead atoms. The highest BCUT2D eigenvalue weighted by Crippen LogP contribution is 2.11. The number of nitrogens with one attached hydrogen (secondary N) is 2. The van der Waals surface area contributed by atoms with Gasteiger partial charge in [0.1, 0.15) is 12.2 Å². The Morgan fingerprint density at radius 1 is 1.30 bits per heavy atom. The molecule has 2 aromatic rings. The van der Waals surface area contributed by atoms with E-state index in [0.29, 0.717) is 6.54 Å². The van der Waals surface area contributed by atoms with E-state index in [2.05, 4.69) is 32.7 Å². The Balaban J connectivity index is 1.89. The van der Waals surface area contributed by atoms with Gasteiger partial charge in [0.25, 0.3) is 0 Å². The van der Waals surface area contributed by atoms with Crippen LogP contribution in [0.2, 0.25) is 5.02 Å². The number of aryl methyl sites for hydroxylation is 1. The van der Waals surface area contributed by atoms with Gasteiger partial charge in [0.05, 0.1) is 6.54 Å². The molecule has 2 N–H and O–H groups in total. The molecule has 0 fully saturated rings. The molecule has 0 unspecified atom stereocenters. The second-order valence-corrected chi connectivity index (χ2v) is 5.48. The highest BCUT2D eigenvalue weighted by molar-refractivity contribution is 6.30. The van der Waals surface area contributed by atoms with Gasteiger partial charge < -0.3 is 15.2 Å². The Bertz CT molecular complexity index is 637. The average Bonchev–Trinajstić information content (AvgIpc) is 3.00. The number of rotatable bonds is 7. The lowest BCUT2D eigenvalue weighted by atomic mass is 10.2. The summed E-state index contributed by atoms with van der Waals surface area (Å²) in [7, 11) is 0. The summed E-state index contributed by atoms with van der Waals surface area (Å²) in [6.07, 6.45) is 2.64. The van der Waals surface area contributed by atoms with E-state index in [1.54, 1.807) is 6.33 Å². The van der Waals surface area contributed by atoms with Crippen molar-refractivity contribution in [2.75, 3.05) is 13.1 Å². The van der Waals surface area contributed by atoms with E-state index in [4.69, 9.17) is 11.6 Å². The minimum Gasteiger partial charge on any atom is -0.357 e. The van der Waals surface area contributed by atoms with Crippen LogP contribution in [0.3, 0.4) is 0 Å². The molecule has 7 heteroatoms. The first-order valence-corrected chi connectivity index (χ1v) is 8.24. The fourth-order valence-electron chi connectivity index (χ4n) is 2.18. The highest BCUT2D eigenvalue weighted by Gasteiger charge is 2.02. The van der Waals surface area contributed by atoms with E-state index in [9.17, 15) is 0 Å². The van der Waals surface area contributed by atoms with Crippen LogP contribution >= 0.6 is 11.6 Å². The van der Waals surface area contributed by atoms with Crippen molar-refractivity contribution in [1.29, 1.82) is 0 Å². The highest BCUT2D eigenvalue weighted by atomic mass is 35.5. The number of aliphatic imine (C=N–C) groups is 1. The number of halogens is 1. The maximum atomic E-state index is 6.00. The van der Waals surface area contributed by atoms with E-state index >= 15 is 0 Å². The van der Waals surface area contributed by atoms with Crippen LogP contribution in [0.25, 0.3) is 0 Å². The van der Waals surface area contributed by atoms with Crippen LogP contribution in [0.5, 0.6) is 0 Å². The molecule has 0 atom stereocenters. The smallest absolute Gasteiger partial charge is 0.191 e. The number of guanidine groups is 1. The summed E-state index contributed by atoms with van der Waals surface area (Å²) < 4.78 is 2.05. The number of benzene rings is 1. The summed E-state index contributed by atoms with van der Waals surface area (Å²) in [5.74, 6) is 1.78. The number of hydrogen-bond acceptors (Lipinski definition) is 3. The minimum atomic E-state index is 0.586. The Morgan fingerprint density at radius 2 is 2.17 bits per heavy atom. The Morgan fingerprint density at radius 3 is 2.91 bits per heavy atom. The molecule has 0 saturated carbocycles. The molecule has 2 rings (SSSR count). The van der Waals surface area contributed by atoms with Crippen molar-refractivity contribution >= 4 is 17.6 Å². The molecule has 0 aliphatic rings. The SMILES string of the molecule is CCNC(=NCc1cccc(Cl)c1)NCCn1cnnc1CC. The number of nitrogens with zero attached hydrogens (tertiary/aromatic N) is 4. The molecule has 0 aliphatic heterocycles. The molecule has 0 radical (unpaired) electrons. The van der Waals surface area contributed by atoms with Gasteiger partial charge in [-0.15, -0.1) is 10.2 Å². The van der Waals surface area contributed by atoms with E-state index in [-0.39, 0.29) is 0 Å². The summed E-state index contributed by atoms with van der Waals surface area (Å²) in [5.41, 5.74) is 1.08. The van der Waals surface area contributed by atoms with Gasteiger partial charge >= 0.3 is 0 Å². The van der Waals surface area contributed by atoms with Crippen molar-refractivity contribution in [2.45, 2.75) is 33.4 Å². The van der Waals surface area contributed by atoms with Crippen molar-refractivity contribution in [1.82, 2.24) is 25.4 Å². The first kappa shape index (κ1) is 17.3. The molecule has 23 heavy (non-hydrogen) atoms. The van der Waals surface area contributed by atoms with Crippen LogP contribution < -0.4 is 10.6 Å². The summed E-state index contributed by atoms with van der Waals surface area (Å²) in [6, 6.07) is 7.75. The number of aromatic nitrogens is 3. The lowest BCUT2D eigenvalue weighted by Crippen LogP contribution is -2.38. The van der Waals surface area contributed by atoms with Gasteiger partial charge in [0.2, 0.25) is 0 Å². The second kappa shape index (κ2) is 9.15. The van der Waals surface area contributed by atoms with Crippen molar-refractivity contribution in [2.24, 2.45) is 4.99 Å². The van der Waals surface area contributed by atoms with Gasteiger partial charge in [-0.1, -0.05) is 30.7 Å². The summed E-state index contributed by atoms with van der Waals surface area (Å²) in [4.78, 5) is 4.58. The number of hydrogen-bond donors (Lipinski definition) is 2. The largest absolute Gasteiger partial charge is 0.357 e. The zero-order chi connectivity index (χ0) is 16.5. The van der Waals surface area contributed by atoms with Crippen molar-refractivity contribution < 1.29 is 0 Å². The molecule has 1 aromatic carbocycles. The van der Waals surface area contributed by atoms with Crippen LogP contribution in [0.15, 0.2) is 35.6 Å². The minimum absolute atomic E-state index is 0.586. The molecule has 6 nitrogen and oxygen atoms in total. The van der Waals surface area contributed by atoms with Gasteiger partial charge in [-0.2, -0.15) is 0 Å². The first-order chi connectivity index (χ1) is 11.2. The van der Waals surface area contributed by atoms with E-state index in [1.807, 2.05) is 35.8 Å². The topological polar surface area (TPSA) is 67.1 Å². The van der Waals surface area contributed by atoms with Gasteiger partial charge in [-0.3, -0.25) is 0 Å². The molecular weight excluding hydrogens is 312 g/mol. The fraction of sp³-hybridized carbons (Fsp3) is 0.438. The van der Waals surface area contributed by atoms with Gasteiger partial charge in [-0.05, 0) is 24.6 Å². The van der Waals surface area contributed by atoms with Crippen LogP contribution in [-0.2, 0) is 19.5 Å². The molecule has 0 aliphatic carbocycles. The standard InChI is InChI=1S/C16H23ClN6/c1-3-15-22-21-12-23(15)9-8-19-16(18-4-2)20-11-13-6-5-7-14(17)10-13/h5-7,10,12H,3-4,8-9,11H2,1-2H3,(H2,18,19,20). The second-order valence-electron chi connectivity index (χ2n) is 5.05. The van der Waals surface area contributed by atoms with Crippen molar-refractivity contribution in [3.63, 3.8) is 0 Å². The lowest BCUT2D eigenvalue weighted by molar-refractivity contribution is 0.632. The van der Waals surface area contributed by atoms with Crippen molar-refractivity contribution in [3.05, 3.63) is 47.0 Å². The Labute approximate surface area is 142 Å². The maximum absolute atomic E-state index is 6.00. The average molecular weight is 335 g/mol. The Kier molecular flexibility index (Phi) is 6.87. The van der Waals surface area contributed by atoms with E-state index in [0.717, 1.165) is 48.4 Å². The maximum Gasteiger partial charge on any atom is 0.191 e. The van der Waals surface area contributed by atoms with Crippen LogP contribution in [0.4, 0.5) is 0 Å². The zero-order valence-electron chi connectivity index (χ0n) is 13.6.